The van der Waals surface area contributed by atoms with E-state index in [-0.39, 0.29) is 6.04 Å². The molecule has 3 nitrogen and oxygen atoms in total. The van der Waals surface area contributed by atoms with E-state index in [1.807, 2.05) is 0 Å². The second-order valence-corrected chi connectivity index (χ2v) is 5.25. The van der Waals surface area contributed by atoms with E-state index in [0.717, 1.165) is 26.2 Å². The molecule has 1 aliphatic rings. The average molecular weight is 233 g/mol. The van der Waals surface area contributed by atoms with E-state index < -0.39 is 0 Å². The molecule has 94 valence electrons. The highest BCUT2D eigenvalue weighted by Crippen LogP contribution is 2.12. The van der Waals surface area contributed by atoms with Gasteiger partial charge in [-0.1, -0.05) is 30.3 Å². The summed E-state index contributed by atoms with van der Waals surface area (Å²) >= 11 is 0. The van der Waals surface area contributed by atoms with Crippen molar-refractivity contribution in [2.24, 2.45) is 5.73 Å². The molecule has 0 aliphatic carbocycles. The number of hydrogen-bond donors (Lipinski definition) is 1. The molecule has 1 heterocycles. The molecule has 0 bridgehead atoms. The van der Waals surface area contributed by atoms with Gasteiger partial charge in [0, 0.05) is 38.3 Å². The molecule has 1 fully saturated rings. The minimum atomic E-state index is 0.258. The lowest BCUT2D eigenvalue weighted by Gasteiger charge is -2.28. The third-order valence-electron chi connectivity index (χ3n) is 3.44. The maximum absolute atomic E-state index is 6.15. The average Bonchev–Trinajstić information content (AvgIpc) is 2.39. The van der Waals surface area contributed by atoms with Gasteiger partial charge < -0.3 is 10.6 Å². The summed E-state index contributed by atoms with van der Waals surface area (Å²) in [5.41, 5.74) is 7.52. The standard InChI is InChI=1S/C14H23N3/c1-12-8-16(2)10-14(15)11-17(12)9-13-6-4-3-5-7-13/h3-7,12,14H,8-11,15H2,1-2H3. The first-order valence-corrected chi connectivity index (χ1v) is 6.37. The first-order chi connectivity index (χ1) is 8.15. The zero-order chi connectivity index (χ0) is 12.3. The number of hydrogen-bond acceptors (Lipinski definition) is 3. The van der Waals surface area contributed by atoms with Crippen molar-refractivity contribution < 1.29 is 0 Å². The summed E-state index contributed by atoms with van der Waals surface area (Å²) in [6.07, 6.45) is 0. The monoisotopic (exact) mass is 233 g/mol. The lowest BCUT2D eigenvalue weighted by molar-refractivity contribution is 0.192. The summed E-state index contributed by atoms with van der Waals surface area (Å²) in [6.45, 7) is 6.37. The minimum Gasteiger partial charge on any atom is -0.325 e. The summed E-state index contributed by atoms with van der Waals surface area (Å²) in [5.74, 6) is 0. The first kappa shape index (κ1) is 12.6. The molecule has 0 amide bonds. The van der Waals surface area contributed by atoms with Crippen LogP contribution in [-0.2, 0) is 6.54 Å². The van der Waals surface area contributed by atoms with Gasteiger partial charge in [0.05, 0.1) is 0 Å². The molecule has 17 heavy (non-hydrogen) atoms. The van der Waals surface area contributed by atoms with Crippen molar-refractivity contribution in [3.8, 4) is 0 Å². The van der Waals surface area contributed by atoms with Crippen LogP contribution in [0.4, 0.5) is 0 Å². The van der Waals surface area contributed by atoms with Crippen molar-refractivity contribution in [3.05, 3.63) is 35.9 Å². The molecule has 1 aromatic rings. The highest BCUT2D eigenvalue weighted by atomic mass is 15.2. The van der Waals surface area contributed by atoms with E-state index in [2.05, 4.69) is 54.1 Å². The molecule has 0 radical (unpaired) electrons. The van der Waals surface area contributed by atoms with Crippen molar-refractivity contribution in [1.82, 2.24) is 9.80 Å². The van der Waals surface area contributed by atoms with E-state index in [1.54, 1.807) is 0 Å². The Labute approximate surface area is 104 Å². The third-order valence-corrected chi connectivity index (χ3v) is 3.44. The van der Waals surface area contributed by atoms with Crippen LogP contribution in [-0.4, -0.2) is 48.6 Å². The van der Waals surface area contributed by atoms with Crippen molar-refractivity contribution in [2.75, 3.05) is 26.7 Å². The number of rotatable bonds is 2. The fraction of sp³-hybridized carbons (Fsp3) is 0.571. The molecule has 2 unspecified atom stereocenters. The van der Waals surface area contributed by atoms with E-state index in [4.69, 9.17) is 5.73 Å². The Morgan fingerprint density at radius 3 is 2.59 bits per heavy atom. The van der Waals surface area contributed by atoms with E-state index in [1.165, 1.54) is 5.56 Å². The normalized spacial score (nSPS) is 27.9. The fourth-order valence-corrected chi connectivity index (χ4v) is 2.62. The molecule has 0 saturated carbocycles. The maximum Gasteiger partial charge on any atom is 0.0297 e. The Bertz CT molecular complexity index is 339. The molecule has 0 spiro atoms. The molecule has 3 heteroatoms. The Morgan fingerprint density at radius 1 is 1.18 bits per heavy atom. The SMILES string of the molecule is CC1CN(C)CC(N)CN1Cc1ccccc1. The molecular weight excluding hydrogens is 210 g/mol. The molecular formula is C14H23N3. The van der Waals surface area contributed by atoms with Gasteiger partial charge in [0.1, 0.15) is 0 Å². The van der Waals surface area contributed by atoms with Crippen molar-refractivity contribution >= 4 is 0 Å². The molecule has 1 saturated heterocycles. The smallest absolute Gasteiger partial charge is 0.0297 e. The molecule has 2 rings (SSSR count). The first-order valence-electron chi connectivity index (χ1n) is 6.37. The third kappa shape index (κ3) is 3.53. The Hall–Kier alpha value is -0.900. The predicted molar refractivity (Wildman–Crippen MR) is 71.8 cm³/mol. The lowest BCUT2D eigenvalue weighted by Crippen LogP contribution is -2.41. The lowest BCUT2D eigenvalue weighted by atomic mass is 10.1. The number of nitrogens with two attached hydrogens (primary N) is 1. The largest absolute Gasteiger partial charge is 0.325 e. The molecule has 1 aromatic carbocycles. The fourth-order valence-electron chi connectivity index (χ4n) is 2.62. The van der Waals surface area contributed by atoms with Gasteiger partial charge in [0.15, 0.2) is 0 Å². The van der Waals surface area contributed by atoms with Gasteiger partial charge in [-0.25, -0.2) is 0 Å². The number of benzene rings is 1. The Kier molecular flexibility index (Phi) is 4.15. The van der Waals surface area contributed by atoms with Gasteiger partial charge in [-0.3, -0.25) is 4.90 Å². The van der Waals surface area contributed by atoms with Gasteiger partial charge in [0.2, 0.25) is 0 Å². The van der Waals surface area contributed by atoms with Crippen molar-refractivity contribution in [3.63, 3.8) is 0 Å². The van der Waals surface area contributed by atoms with E-state index in [9.17, 15) is 0 Å². The molecule has 0 aromatic heterocycles. The van der Waals surface area contributed by atoms with Gasteiger partial charge in [-0.15, -0.1) is 0 Å². The highest BCUT2D eigenvalue weighted by Gasteiger charge is 2.23. The van der Waals surface area contributed by atoms with Crippen LogP contribution in [0.2, 0.25) is 0 Å². The van der Waals surface area contributed by atoms with Crippen LogP contribution in [0.5, 0.6) is 0 Å². The summed E-state index contributed by atoms with van der Waals surface area (Å²) in [7, 11) is 2.16. The van der Waals surface area contributed by atoms with Crippen LogP contribution in [0, 0.1) is 0 Å². The van der Waals surface area contributed by atoms with Gasteiger partial charge in [-0.05, 0) is 19.5 Å². The summed E-state index contributed by atoms with van der Waals surface area (Å²) in [6, 6.07) is 11.5. The van der Waals surface area contributed by atoms with Crippen LogP contribution in [0.15, 0.2) is 30.3 Å². The van der Waals surface area contributed by atoms with Crippen LogP contribution in [0.3, 0.4) is 0 Å². The second-order valence-electron chi connectivity index (χ2n) is 5.25. The quantitative estimate of drug-likeness (QED) is 0.832. The van der Waals surface area contributed by atoms with Gasteiger partial charge in [0.25, 0.3) is 0 Å². The summed E-state index contributed by atoms with van der Waals surface area (Å²) in [4.78, 5) is 4.82. The molecule has 2 atom stereocenters. The number of likely N-dealkylation sites (N-methyl/N-ethyl adjacent to an activating group) is 1. The predicted octanol–water partition coefficient (Wildman–Crippen LogP) is 1.15. The van der Waals surface area contributed by atoms with Crippen LogP contribution in [0.25, 0.3) is 0 Å². The summed E-state index contributed by atoms with van der Waals surface area (Å²) < 4.78 is 0. The van der Waals surface area contributed by atoms with E-state index in [0.29, 0.717) is 6.04 Å². The zero-order valence-corrected chi connectivity index (χ0v) is 10.8. The van der Waals surface area contributed by atoms with Crippen molar-refractivity contribution in [2.45, 2.75) is 25.6 Å². The Morgan fingerprint density at radius 2 is 1.88 bits per heavy atom. The van der Waals surface area contributed by atoms with Crippen LogP contribution in [0.1, 0.15) is 12.5 Å². The molecule has 2 N–H and O–H groups in total. The van der Waals surface area contributed by atoms with Crippen LogP contribution < -0.4 is 5.73 Å². The maximum atomic E-state index is 6.15. The van der Waals surface area contributed by atoms with Crippen molar-refractivity contribution in [1.29, 1.82) is 0 Å². The molecule has 1 aliphatic heterocycles. The second kappa shape index (κ2) is 5.63. The summed E-state index contributed by atoms with van der Waals surface area (Å²) in [5, 5.41) is 0. The topological polar surface area (TPSA) is 32.5 Å². The van der Waals surface area contributed by atoms with Gasteiger partial charge >= 0.3 is 0 Å². The van der Waals surface area contributed by atoms with E-state index >= 15 is 0 Å². The minimum absolute atomic E-state index is 0.258. The highest BCUT2D eigenvalue weighted by molar-refractivity contribution is 5.14. The Balaban J connectivity index is 2.03. The van der Waals surface area contributed by atoms with Gasteiger partial charge in [-0.2, -0.15) is 0 Å². The van der Waals surface area contributed by atoms with Crippen LogP contribution >= 0.6 is 0 Å². The number of nitrogens with zero attached hydrogens (tertiary/aromatic N) is 2. The zero-order valence-electron chi connectivity index (χ0n) is 10.8.